The number of fused-ring (bicyclic) bond motifs is 1. The Labute approximate surface area is 191 Å². The molecule has 0 spiro atoms. The maximum atomic E-state index is 13.6. The second-order valence-corrected chi connectivity index (χ2v) is 10.8. The Morgan fingerprint density at radius 2 is 2.13 bits per heavy atom. The maximum Gasteiger partial charge on any atom is 0.227 e. The van der Waals surface area contributed by atoms with Crippen LogP contribution >= 0.6 is 11.3 Å². The average Bonchev–Trinajstić information content (AvgIpc) is 3.28. The monoisotopic (exact) mass is 448 g/mol. The summed E-state index contributed by atoms with van der Waals surface area (Å²) in [6.07, 6.45) is 5.27. The van der Waals surface area contributed by atoms with E-state index in [2.05, 4.69) is 41.3 Å². The molecule has 1 aromatic heterocycles. The number of hydrogen-bond donors (Lipinski definition) is 1. The molecule has 31 heavy (non-hydrogen) atoms. The number of carbonyl (C=O) groups excluding carboxylic acids is 1. The van der Waals surface area contributed by atoms with Crippen LogP contribution in [0.15, 0.2) is 5.38 Å². The summed E-state index contributed by atoms with van der Waals surface area (Å²) in [6, 6.07) is 0.618. The molecule has 6 nitrogen and oxygen atoms in total. The second kappa shape index (κ2) is 10.3. The first-order chi connectivity index (χ1) is 15.0. The Kier molecular flexibility index (Phi) is 7.68. The molecular weight excluding hydrogens is 408 g/mol. The molecule has 3 aliphatic rings. The predicted octanol–water partition coefficient (Wildman–Crippen LogP) is 3.14. The summed E-state index contributed by atoms with van der Waals surface area (Å²) in [4.78, 5) is 23.4. The van der Waals surface area contributed by atoms with Crippen molar-refractivity contribution in [2.24, 2.45) is 11.3 Å². The third-order valence-corrected chi connectivity index (χ3v) is 8.95. The number of aromatic nitrogens is 1. The number of hydrogen-bond acceptors (Lipinski definition) is 6. The fourth-order valence-electron chi connectivity index (χ4n) is 5.82. The van der Waals surface area contributed by atoms with Gasteiger partial charge in [-0.15, -0.1) is 11.3 Å². The Morgan fingerprint density at radius 3 is 2.84 bits per heavy atom. The van der Waals surface area contributed by atoms with Gasteiger partial charge in [0.25, 0.3) is 0 Å². The molecule has 174 valence electrons. The summed E-state index contributed by atoms with van der Waals surface area (Å²) >= 11 is 1.73. The number of nitrogens with one attached hydrogen (secondary N) is 1. The van der Waals surface area contributed by atoms with E-state index in [1.807, 2.05) is 0 Å². The largest absolute Gasteiger partial charge is 0.379 e. The zero-order valence-electron chi connectivity index (χ0n) is 19.6. The van der Waals surface area contributed by atoms with Gasteiger partial charge in [-0.05, 0) is 44.7 Å². The summed E-state index contributed by atoms with van der Waals surface area (Å²) in [5.41, 5.74) is 0.889. The van der Waals surface area contributed by atoms with Gasteiger partial charge in [0.05, 0.1) is 29.3 Å². The minimum Gasteiger partial charge on any atom is -0.379 e. The molecule has 2 saturated heterocycles. The summed E-state index contributed by atoms with van der Waals surface area (Å²) in [6.45, 7) is 14.1. The van der Waals surface area contributed by atoms with E-state index in [0.29, 0.717) is 24.4 Å². The van der Waals surface area contributed by atoms with Crippen LogP contribution in [0, 0.1) is 11.3 Å². The molecule has 0 aromatic carbocycles. The fraction of sp³-hybridized carbons (Fsp3) is 0.833. The van der Waals surface area contributed by atoms with E-state index in [9.17, 15) is 4.79 Å². The highest BCUT2D eigenvalue weighted by atomic mass is 32.1. The molecule has 3 fully saturated rings. The fourth-order valence-corrected chi connectivity index (χ4v) is 6.69. The van der Waals surface area contributed by atoms with Crippen LogP contribution in [0.1, 0.15) is 63.1 Å². The lowest BCUT2D eigenvalue weighted by Gasteiger charge is -2.53. The molecule has 4 rings (SSSR count). The maximum absolute atomic E-state index is 13.6. The first-order valence-electron chi connectivity index (χ1n) is 12.3. The molecule has 0 radical (unpaired) electrons. The molecule has 2 aliphatic heterocycles. The van der Waals surface area contributed by atoms with Gasteiger partial charge >= 0.3 is 0 Å². The Morgan fingerprint density at radius 1 is 1.32 bits per heavy atom. The van der Waals surface area contributed by atoms with Crippen molar-refractivity contribution in [1.29, 1.82) is 0 Å². The van der Waals surface area contributed by atoms with Crippen LogP contribution in [0.2, 0.25) is 0 Å². The molecule has 3 atom stereocenters. The van der Waals surface area contributed by atoms with Crippen molar-refractivity contribution in [2.75, 3.05) is 52.5 Å². The number of ether oxygens (including phenoxy) is 1. The molecule has 1 saturated carbocycles. The number of likely N-dealkylation sites (tertiary alicyclic amines) is 1. The summed E-state index contributed by atoms with van der Waals surface area (Å²) in [5.74, 6) is 1.25. The van der Waals surface area contributed by atoms with Gasteiger partial charge in [0.15, 0.2) is 0 Å². The van der Waals surface area contributed by atoms with Crippen molar-refractivity contribution in [3.05, 3.63) is 16.1 Å². The number of carbonyl (C=O) groups is 1. The van der Waals surface area contributed by atoms with Crippen LogP contribution in [-0.4, -0.2) is 79.2 Å². The average molecular weight is 449 g/mol. The molecule has 1 amide bonds. The van der Waals surface area contributed by atoms with Crippen LogP contribution in [-0.2, 0) is 16.0 Å². The van der Waals surface area contributed by atoms with E-state index in [4.69, 9.17) is 9.72 Å². The number of morpholine rings is 1. The SMILES string of the molecule is CCN1CC[C@@H]2C[C@@H](N3CCOCC3)CC[C@@]2(C(=O)NCCc2csc(C(C)C)n2)C1. The zero-order chi connectivity index (χ0) is 21.8. The molecule has 1 aliphatic carbocycles. The van der Waals surface area contributed by atoms with Gasteiger partial charge < -0.3 is 15.0 Å². The molecular formula is C24H40N4O2S. The predicted molar refractivity (Wildman–Crippen MR) is 126 cm³/mol. The Hall–Kier alpha value is -1.02. The first kappa shape index (κ1) is 23.1. The lowest BCUT2D eigenvalue weighted by molar-refractivity contribution is -0.144. The second-order valence-electron chi connectivity index (χ2n) is 9.92. The van der Waals surface area contributed by atoms with Gasteiger partial charge in [-0.3, -0.25) is 9.69 Å². The quantitative estimate of drug-likeness (QED) is 0.695. The highest BCUT2D eigenvalue weighted by molar-refractivity contribution is 7.09. The standard InChI is InChI=1S/C24H40N4O2S/c1-4-27-10-7-19-15-21(28-11-13-30-14-12-28)5-8-24(19,17-27)23(29)25-9-6-20-16-31-22(26-20)18(2)3/h16,18-19,21H,4-15,17H2,1-3H3,(H,25,29)/t19-,21+,24-/m1/s1. The minimum absolute atomic E-state index is 0.220. The van der Waals surface area contributed by atoms with Crippen molar-refractivity contribution in [2.45, 2.75) is 64.8 Å². The minimum atomic E-state index is -0.220. The topological polar surface area (TPSA) is 57.7 Å². The van der Waals surface area contributed by atoms with Crippen LogP contribution < -0.4 is 5.32 Å². The lowest BCUT2D eigenvalue weighted by atomic mass is 9.61. The summed E-state index contributed by atoms with van der Waals surface area (Å²) in [7, 11) is 0. The number of amides is 1. The van der Waals surface area contributed by atoms with Crippen molar-refractivity contribution in [1.82, 2.24) is 20.1 Å². The molecule has 0 bridgehead atoms. The van der Waals surface area contributed by atoms with E-state index in [1.165, 1.54) is 5.01 Å². The van der Waals surface area contributed by atoms with Crippen molar-refractivity contribution in [3.8, 4) is 0 Å². The smallest absolute Gasteiger partial charge is 0.227 e. The van der Waals surface area contributed by atoms with Gasteiger partial charge in [-0.1, -0.05) is 20.8 Å². The van der Waals surface area contributed by atoms with Gasteiger partial charge in [-0.25, -0.2) is 4.98 Å². The van der Waals surface area contributed by atoms with Gasteiger partial charge in [0, 0.05) is 49.9 Å². The molecule has 7 heteroatoms. The van der Waals surface area contributed by atoms with Crippen molar-refractivity contribution < 1.29 is 9.53 Å². The normalized spacial score (nSPS) is 30.3. The number of piperidine rings is 1. The Balaban J connectivity index is 1.39. The zero-order valence-corrected chi connectivity index (χ0v) is 20.4. The van der Waals surface area contributed by atoms with Crippen molar-refractivity contribution >= 4 is 17.2 Å². The van der Waals surface area contributed by atoms with Crippen molar-refractivity contribution in [3.63, 3.8) is 0 Å². The Bertz CT molecular complexity index is 733. The lowest BCUT2D eigenvalue weighted by Crippen LogP contribution is -2.61. The number of thiazole rings is 1. The molecule has 3 heterocycles. The van der Waals surface area contributed by atoms with Gasteiger partial charge in [-0.2, -0.15) is 0 Å². The highest BCUT2D eigenvalue weighted by Gasteiger charge is 2.52. The first-order valence-corrected chi connectivity index (χ1v) is 13.2. The highest BCUT2D eigenvalue weighted by Crippen LogP contribution is 2.47. The van der Waals surface area contributed by atoms with E-state index in [0.717, 1.165) is 83.7 Å². The van der Waals surface area contributed by atoms with Crippen LogP contribution in [0.5, 0.6) is 0 Å². The van der Waals surface area contributed by atoms with Crippen LogP contribution in [0.3, 0.4) is 0 Å². The summed E-state index contributed by atoms with van der Waals surface area (Å²) in [5, 5.41) is 6.67. The molecule has 1 N–H and O–H groups in total. The van der Waals surface area contributed by atoms with E-state index in [1.54, 1.807) is 11.3 Å². The third kappa shape index (κ3) is 5.15. The number of rotatable bonds is 7. The third-order valence-electron chi connectivity index (χ3n) is 7.75. The summed E-state index contributed by atoms with van der Waals surface area (Å²) < 4.78 is 5.56. The van der Waals surface area contributed by atoms with Gasteiger partial charge in [0.1, 0.15) is 0 Å². The van der Waals surface area contributed by atoms with E-state index < -0.39 is 0 Å². The van der Waals surface area contributed by atoms with Gasteiger partial charge in [0.2, 0.25) is 5.91 Å². The molecule has 0 unspecified atom stereocenters. The van der Waals surface area contributed by atoms with Crippen LogP contribution in [0.4, 0.5) is 0 Å². The number of nitrogens with zero attached hydrogens (tertiary/aromatic N) is 3. The van der Waals surface area contributed by atoms with E-state index >= 15 is 0 Å². The van der Waals surface area contributed by atoms with E-state index in [-0.39, 0.29) is 11.3 Å². The van der Waals surface area contributed by atoms with Crippen LogP contribution in [0.25, 0.3) is 0 Å². The molecule has 1 aromatic rings.